The fraction of sp³-hybridized carbons (Fsp3) is 0.222. The molecule has 1 unspecified atom stereocenters. The predicted octanol–water partition coefficient (Wildman–Crippen LogP) is 4.43. The van der Waals surface area contributed by atoms with Crippen molar-refractivity contribution in [2.45, 2.75) is 19.8 Å². The van der Waals surface area contributed by atoms with E-state index in [0.717, 1.165) is 17.3 Å². The van der Waals surface area contributed by atoms with Gasteiger partial charge in [-0.05, 0) is 43.7 Å². The van der Waals surface area contributed by atoms with Crippen LogP contribution < -0.4 is 9.47 Å². The summed E-state index contributed by atoms with van der Waals surface area (Å²) in [6.07, 6.45) is 2.17. The number of methoxy groups -OCH3 is 1. The predicted molar refractivity (Wildman–Crippen MR) is 80.4 cm³/mol. The van der Waals surface area contributed by atoms with E-state index in [0.29, 0.717) is 0 Å². The van der Waals surface area contributed by atoms with Crippen LogP contribution >= 0.6 is 0 Å². The number of rotatable bonds is 2. The van der Waals surface area contributed by atoms with Gasteiger partial charge in [0.25, 0.3) is 0 Å². The van der Waals surface area contributed by atoms with Crippen molar-refractivity contribution in [3.63, 3.8) is 0 Å². The number of allylic oxidation sites excluding steroid dienone is 2. The molecule has 0 aromatic heterocycles. The van der Waals surface area contributed by atoms with Crippen LogP contribution in [0.2, 0.25) is 0 Å². The van der Waals surface area contributed by atoms with Gasteiger partial charge in [0.1, 0.15) is 11.5 Å². The summed E-state index contributed by atoms with van der Waals surface area (Å²) in [4.78, 5) is 0. The zero-order valence-corrected chi connectivity index (χ0v) is 12.0. The lowest BCUT2D eigenvalue weighted by molar-refractivity contribution is 0.406. The van der Waals surface area contributed by atoms with Crippen molar-refractivity contribution in [3.8, 4) is 11.5 Å². The molecule has 0 saturated carbocycles. The third kappa shape index (κ3) is 2.29. The third-order valence-electron chi connectivity index (χ3n) is 3.65. The SMILES string of the molecule is COc1ccc(C2C=C(C)Oc3ccc(C)cc32)cc1. The summed E-state index contributed by atoms with van der Waals surface area (Å²) in [6.45, 7) is 4.11. The van der Waals surface area contributed by atoms with E-state index < -0.39 is 0 Å². The third-order valence-corrected chi connectivity index (χ3v) is 3.65. The van der Waals surface area contributed by atoms with E-state index >= 15 is 0 Å². The van der Waals surface area contributed by atoms with Gasteiger partial charge >= 0.3 is 0 Å². The first-order valence-corrected chi connectivity index (χ1v) is 6.78. The molecule has 2 aromatic carbocycles. The highest BCUT2D eigenvalue weighted by molar-refractivity contribution is 5.50. The summed E-state index contributed by atoms with van der Waals surface area (Å²) >= 11 is 0. The van der Waals surface area contributed by atoms with Crippen molar-refractivity contribution in [1.29, 1.82) is 0 Å². The van der Waals surface area contributed by atoms with Crippen LogP contribution in [0.1, 0.15) is 29.5 Å². The molecule has 102 valence electrons. The summed E-state index contributed by atoms with van der Waals surface area (Å²) < 4.78 is 11.0. The minimum absolute atomic E-state index is 0.240. The fourth-order valence-corrected chi connectivity index (χ4v) is 2.62. The van der Waals surface area contributed by atoms with Crippen molar-refractivity contribution < 1.29 is 9.47 Å². The minimum atomic E-state index is 0.240. The van der Waals surface area contributed by atoms with E-state index in [1.807, 2.05) is 19.1 Å². The minimum Gasteiger partial charge on any atom is -0.497 e. The Bertz CT molecular complexity index is 654. The number of hydrogen-bond acceptors (Lipinski definition) is 2. The molecule has 1 atom stereocenters. The van der Waals surface area contributed by atoms with Gasteiger partial charge in [0.2, 0.25) is 0 Å². The molecule has 0 bridgehead atoms. The van der Waals surface area contributed by atoms with Crippen molar-refractivity contribution >= 4 is 0 Å². The zero-order valence-electron chi connectivity index (χ0n) is 12.0. The molecular weight excluding hydrogens is 248 g/mol. The average Bonchev–Trinajstić information content (AvgIpc) is 2.47. The standard InChI is InChI=1S/C18H18O2/c1-12-4-9-18-17(10-12)16(11-13(2)20-18)14-5-7-15(19-3)8-6-14/h4-11,16H,1-3H3. The van der Waals surface area contributed by atoms with Gasteiger partial charge in [0.15, 0.2) is 0 Å². The Balaban J connectivity index is 2.07. The molecule has 1 heterocycles. The Morgan fingerprint density at radius 1 is 1.00 bits per heavy atom. The monoisotopic (exact) mass is 266 g/mol. The second-order valence-electron chi connectivity index (χ2n) is 5.17. The summed E-state index contributed by atoms with van der Waals surface area (Å²) in [6, 6.07) is 14.6. The van der Waals surface area contributed by atoms with E-state index in [2.05, 4.69) is 43.3 Å². The fourth-order valence-electron chi connectivity index (χ4n) is 2.62. The number of ether oxygens (including phenoxy) is 2. The molecule has 2 nitrogen and oxygen atoms in total. The van der Waals surface area contributed by atoms with E-state index in [-0.39, 0.29) is 5.92 Å². The summed E-state index contributed by atoms with van der Waals surface area (Å²) in [5, 5.41) is 0. The van der Waals surface area contributed by atoms with Gasteiger partial charge in [0.05, 0.1) is 12.9 Å². The number of fused-ring (bicyclic) bond motifs is 1. The van der Waals surface area contributed by atoms with E-state index in [1.165, 1.54) is 16.7 Å². The maximum absolute atomic E-state index is 5.82. The maximum Gasteiger partial charge on any atom is 0.131 e. The molecule has 0 fully saturated rings. The largest absolute Gasteiger partial charge is 0.497 e. The molecule has 2 heteroatoms. The van der Waals surface area contributed by atoms with Gasteiger partial charge in [-0.25, -0.2) is 0 Å². The van der Waals surface area contributed by atoms with Crippen molar-refractivity contribution in [3.05, 3.63) is 71.0 Å². The van der Waals surface area contributed by atoms with Gasteiger partial charge in [-0.15, -0.1) is 0 Å². The molecule has 1 aliphatic heterocycles. The molecule has 0 N–H and O–H groups in total. The van der Waals surface area contributed by atoms with Gasteiger partial charge in [-0.3, -0.25) is 0 Å². The van der Waals surface area contributed by atoms with Crippen LogP contribution in [0.15, 0.2) is 54.3 Å². The lowest BCUT2D eigenvalue weighted by atomic mass is 9.88. The second-order valence-corrected chi connectivity index (χ2v) is 5.17. The zero-order chi connectivity index (χ0) is 14.1. The summed E-state index contributed by atoms with van der Waals surface area (Å²) in [5.41, 5.74) is 3.72. The average molecular weight is 266 g/mol. The summed E-state index contributed by atoms with van der Waals surface area (Å²) in [7, 11) is 1.69. The van der Waals surface area contributed by atoms with Gasteiger partial charge in [-0.2, -0.15) is 0 Å². The molecule has 20 heavy (non-hydrogen) atoms. The molecule has 3 rings (SSSR count). The van der Waals surface area contributed by atoms with Crippen LogP contribution in [0, 0.1) is 6.92 Å². The first-order chi connectivity index (χ1) is 9.67. The van der Waals surface area contributed by atoms with Crippen LogP contribution in [0.5, 0.6) is 11.5 Å². The van der Waals surface area contributed by atoms with Gasteiger partial charge in [0, 0.05) is 11.5 Å². The van der Waals surface area contributed by atoms with E-state index in [9.17, 15) is 0 Å². The smallest absolute Gasteiger partial charge is 0.131 e. The number of aryl methyl sites for hydroxylation is 1. The van der Waals surface area contributed by atoms with Crippen LogP contribution in [0.25, 0.3) is 0 Å². The van der Waals surface area contributed by atoms with Crippen LogP contribution in [-0.2, 0) is 0 Å². The first-order valence-electron chi connectivity index (χ1n) is 6.78. The Morgan fingerprint density at radius 3 is 2.45 bits per heavy atom. The lowest BCUT2D eigenvalue weighted by Gasteiger charge is -2.24. The van der Waals surface area contributed by atoms with Gasteiger partial charge < -0.3 is 9.47 Å². The molecule has 1 aliphatic rings. The Labute approximate surface area is 119 Å². The van der Waals surface area contributed by atoms with Gasteiger partial charge in [-0.1, -0.05) is 29.8 Å². The topological polar surface area (TPSA) is 18.5 Å². The van der Waals surface area contributed by atoms with E-state index in [4.69, 9.17) is 9.47 Å². The van der Waals surface area contributed by atoms with E-state index in [1.54, 1.807) is 7.11 Å². The number of benzene rings is 2. The molecule has 0 amide bonds. The lowest BCUT2D eigenvalue weighted by Crippen LogP contribution is -2.09. The van der Waals surface area contributed by atoms with Crippen LogP contribution in [0.3, 0.4) is 0 Å². The Hall–Kier alpha value is -2.22. The Kier molecular flexibility index (Phi) is 3.23. The molecule has 0 aliphatic carbocycles. The van der Waals surface area contributed by atoms with Crippen molar-refractivity contribution in [1.82, 2.24) is 0 Å². The molecular formula is C18H18O2. The van der Waals surface area contributed by atoms with Crippen molar-refractivity contribution in [2.24, 2.45) is 0 Å². The quantitative estimate of drug-likeness (QED) is 0.800. The number of hydrogen-bond donors (Lipinski definition) is 0. The second kappa shape index (κ2) is 5.04. The Morgan fingerprint density at radius 2 is 1.75 bits per heavy atom. The first kappa shape index (κ1) is 12.8. The maximum atomic E-state index is 5.82. The molecule has 0 saturated heterocycles. The molecule has 0 spiro atoms. The van der Waals surface area contributed by atoms with Crippen molar-refractivity contribution in [2.75, 3.05) is 7.11 Å². The highest BCUT2D eigenvalue weighted by Gasteiger charge is 2.21. The molecule has 0 radical (unpaired) electrons. The molecule has 2 aromatic rings. The normalized spacial score (nSPS) is 16.9. The highest BCUT2D eigenvalue weighted by Crippen LogP contribution is 2.39. The highest BCUT2D eigenvalue weighted by atomic mass is 16.5. The van der Waals surface area contributed by atoms with Crippen LogP contribution in [0.4, 0.5) is 0 Å². The van der Waals surface area contributed by atoms with Crippen LogP contribution in [-0.4, -0.2) is 7.11 Å². The summed E-state index contributed by atoms with van der Waals surface area (Å²) in [5.74, 6) is 3.02.